The molecule has 0 bridgehead atoms. The fraction of sp³-hybridized carbons (Fsp3) is 0.357. The van der Waals surface area contributed by atoms with Crippen molar-refractivity contribution in [2.24, 2.45) is 0 Å². The quantitative estimate of drug-likeness (QED) is 0.819. The summed E-state index contributed by atoms with van der Waals surface area (Å²) in [5.41, 5.74) is 2.61. The predicted molar refractivity (Wildman–Crippen MR) is 65.8 cm³/mol. The molecule has 0 saturated carbocycles. The zero-order valence-electron chi connectivity index (χ0n) is 9.99. The molecule has 0 fully saturated rings. The molecule has 0 saturated heterocycles. The summed E-state index contributed by atoms with van der Waals surface area (Å²) in [6, 6.07) is 7.77. The molecule has 2 aliphatic rings. The number of nitrogens with zero attached hydrogens (tertiary/aromatic N) is 2. The topological polar surface area (TPSA) is 39.1 Å². The van der Waals surface area contributed by atoms with Crippen molar-refractivity contribution in [1.29, 1.82) is 5.26 Å². The Morgan fingerprint density at radius 3 is 3.17 bits per heavy atom. The number of fused-ring (bicyclic) bond motifs is 1. The lowest BCUT2D eigenvalue weighted by Crippen LogP contribution is -2.38. The Bertz CT molecular complexity index is 544. The summed E-state index contributed by atoms with van der Waals surface area (Å²) in [5, 5.41) is 12.1. The monoisotopic (exact) mass is 243 g/mol. The molecule has 1 heterocycles. The van der Waals surface area contributed by atoms with Crippen LogP contribution in [0, 0.1) is 17.1 Å². The maximum Gasteiger partial charge on any atom is 0.133 e. The minimum atomic E-state index is -0.0958. The van der Waals surface area contributed by atoms with Crippen LogP contribution in [0.3, 0.4) is 0 Å². The largest absolute Gasteiger partial charge is 0.371 e. The third-order valence-electron chi connectivity index (χ3n) is 3.76. The van der Waals surface area contributed by atoms with Crippen molar-refractivity contribution in [2.45, 2.75) is 25.3 Å². The van der Waals surface area contributed by atoms with Crippen molar-refractivity contribution in [3.8, 4) is 6.07 Å². The molecule has 3 rings (SSSR count). The Labute approximate surface area is 106 Å². The molecular formula is C14H14FN3. The van der Waals surface area contributed by atoms with E-state index >= 15 is 0 Å². The summed E-state index contributed by atoms with van der Waals surface area (Å²) >= 11 is 0. The molecule has 1 aliphatic heterocycles. The van der Waals surface area contributed by atoms with E-state index in [2.05, 4.69) is 16.3 Å². The van der Waals surface area contributed by atoms with E-state index in [1.165, 1.54) is 6.07 Å². The van der Waals surface area contributed by atoms with Crippen LogP contribution in [0.25, 0.3) is 0 Å². The molecule has 1 atom stereocenters. The van der Waals surface area contributed by atoms with E-state index in [0.29, 0.717) is 18.4 Å². The molecule has 0 radical (unpaired) electrons. The number of nitrogens with one attached hydrogen (secondary N) is 1. The minimum absolute atomic E-state index is 0.0958. The molecule has 4 heteroatoms. The smallest absolute Gasteiger partial charge is 0.133 e. The van der Waals surface area contributed by atoms with Gasteiger partial charge in [0.05, 0.1) is 6.67 Å². The zero-order chi connectivity index (χ0) is 12.5. The number of benzene rings is 1. The molecule has 1 aromatic carbocycles. The van der Waals surface area contributed by atoms with E-state index in [1.807, 2.05) is 6.07 Å². The highest BCUT2D eigenvalue weighted by Gasteiger charge is 2.28. The van der Waals surface area contributed by atoms with Crippen LogP contribution in [-0.4, -0.2) is 17.6 Å². The van der Waals surface area contributed by atoms with Crippen LogP contribution in [0.5, 0.6) is 0 Å². The molecule has 0 aromatic heterocycles. The maximum absolute atomic E-state index is 13.6. The van der Waals surface area contributed by atoms with Crippen molar-refractivity contribution in [3.63, 3.8) is 0 Å². The molecule has 1 N–H and O–H groups in total. The van der Waals surface area contributed by atoms with Gasteiger partial charge in [-0.25, -0.2) is 4.39 Å². The van der Waals surface area contributed by atoms with Gasteiger partial charge in [-0.05, 0) is 36.5 Å². The van der Waals surface area contributed by atoms with Crippen molar-refractivity contribution in [1.82, 2.24) is 10.2 Å². The van der Waals surface area contributed by atoms with Crippen molar-refractivity contribution in [3.05, 3.63) is 47.0 Å². The Morgan fingerprint density at radius 1 is 1.44 bits per heavy atom. The van der Waals surface area contributed by atoms with E-state index in [0.717, 1.165) is 30.4 Å². The predicted octanol–water partition coefficient (Wildman–Crippen LogP) is 1.91. The summed E-state index contributed by atoms with van der Waals surface area (Å²) in [5.74, 6) is -0.0958. The van der Waals surface area contributed by atoms with E-state index in [-0.39, 0.29) is 5.82 Å². The Hall–Kier alpha value is -2.02. The first-order valence-corrected chi connectivity index (χ1v) is 6.16. The number of halogens is 1. The summed E-state index contributed by atoms with van der Waals surface area (Å²) in [6.45, 7) is 0.679. The Balaban J connectivity index is 1.84. The van der Waals surface area contributed by atoms with Gasteiger partial charge in [-0.15, -0.1) is 0 Å². The van der Waals surface area contributed by atoms with Crippen molar-refractivity contribution >= 4 is 0 Å². The zero-order valence-corrected chi connectivity index (χ0v) is 9.99. The maximum atomic E-state index is 13.6. The highest BCUT2D eigenvalue weighted by molar-refractivity contribution is 5.33. The molecule has 1 aliphatic carbocycles. The van der Waals surface area contributed by atoms with Gasteiger partial charge >= 0.3 is 0 Å². The van der Waals surface area contributed by atoms with Crippen LogP contribution < -0.4 is 5.32 Å². The fourth-order valence-corrected chi connectivity index (χ4v) is 2.84. The first kappa shape index (κ1) is 11.1. The third kappa shape index (κ3) is 1.72. The summed E-state index contributed by atoms with van der Waals surface area (Å²) < 4.78 is 13.6. The van der Waals surface area contributed by atoms with Crippen molar-refractivity contribution in [2.75, 3.05) is 6.67 Å². The van der Waals surface area contributed by atoms with Gasteiger partial charge in [-0.3, -0.25) is 0 Å². The molecular weight excluding hydrogens is 229 g/mol. The Kier molecular flexibility index (Phi) is 2.67. The highest BCUT2D eigenvalue weighted by atomic mass is 19.1. The number of hydrogen-bond acceptors (Lipinski definition) is 3. The highest BCUT2D eigenvalue weighted by Crippen LogP contribution is 2.28. The number of hydrogen-bond donors (Lipinski definition) is 1. The average molecular weight is 243 g/mol. The molecule has 0 spiro atoms. The van der Waals surface area contributed by atoms with Crippen molar-refractivity contribution < 1.29 is 4.39 Å². The second kappa shape index (κ2) is 4.34. The molecule has 3 nitrogen and oxygen atoms in total. The molecule has 0 unspecified atom stereocenters. The molecule has 0 amide bonds. The van der Waals surface area contributed by atoms with Crippen LogP contribution in [-0.2, 0) is 12.8 Å². The second-order valence-corrected chi connectivity index (χ2v) is 4.75. The van der Waals surface area contributed by atoms with Gasteiger partial charge in [0.25, 0.3) is 0 Å². The van der Waals surface area contributed by atoms with E-state index in [1.54, 1.807) is 12.3 Å². The number of allylic oxidation sites excluding steroid dienone is 1. The molecule has 18 heavy (non-hydrogen) atoms. The average Bonchev–Trinajstić information content (AvgIpc) is 2.87. The third-order valence-corrected chi connectivity index (χ3v) is 3.76. The molecule has 1 aromatic rings. The van der Waals surface area contributed by atoms with Gasteiger partial charge in [0.15, 0.2) is 0 Å². The lowest BCUT2D eigenvalue weighted by Gasteiger charge is -2.33. The summed E-state index contributed by atoms with van der Waals surface area (Å²) in [7, 11) is 0. The first-order valence-electron chi connectivity index (χ1n) is 6.16. The van der Waals surface area contributed by atoms with Gasteiger partial charge in [0.1, 0.15) is 17.6 Å². The van der Waals surface area contributed by atoms with Gasteiger partial charge in [0, 0.05) is 12.2 Å². The van der Waals surface area contributed by atoms with Crippen LogP contribution in [0.4, 0.5) is 4.39 Å². The van der Waals surface area contributed by atoms with E-state index < -0.39 is 0 Å². The first-order chi connectivity index (χ1) is 8.79. The molecule has 92 valence electrons. The number of rotatable bonds is 1. The number of nitriles is 1. The lowest BCUT2D eigenvalue weighted by atomic mass is 9.87. The van der Waals surface area contributed by atoms with E-state index in [9.17, 15) is 4.39 Å². The van der Waals surface area contributed by atoms with Gasteiger partial charge in [-0.1, -0.05) is 12.1 Å². The lowest BCUT2D eigenvalue weighted by molar-refractivity contribution is 0.249. The second-order valence-electron chi connectivity index (χ2n) is 4.75. The van der Waals surface area contributed by atoms with Crippen LogP contribution in [0.15, 0.2) is 30.1 Å². The summed E-state index contributed by atoms with van der Waals surface area (Å²) in [4.78, 5) is 2.08. The van der Waals surface area contributed by atoms with Crippen LogP contribution in [0.1, 0.15) is 17.5 Å². The SMILES string of the molecule is N#CC1=CNCN1[C@H]1CCc2c(F)cccc2C1. The minimum Gasteiger partial charge on any atom is -0.371 e. The van der Waals surface area contributed by atoms with Crippen LogP contribution in [0.2, 0.25) is 0 Å². The summed E-state index contributed by atoms with van der Waals surface area (Å²) in [6.07, 6.45) is 4.21. The normalized spacial score (nSPS) is 21.9. The van der Waals surface area contributed by atoms with Crippen LogP contribution >= 0.6 is 0 Å². The fourth-order valence-electron chi connectivity index (χ4n) is 2.84. The van der Waals surface area contributed by atoms with Gasteiger partial charge < -0.3 is 10.2 Å². The van der Waals surface area contributed by atoms with Gasteiger partial charge in [0.2, 0.25) is 0 Å². The standard InChI is InChI=1S/C14H14FN3/c15-14-3-1-2-10-6-11(4-5-13(10)14)18-9-17-8-12(18)7-16/h1-3,8,11,17H,4-6,9H2/t11-/m0/s1. The Morgan fingerprint density at radius 2 is 2.33 bits per heavy atom. The van der Waals surface area contributed by atoms with Gasteiger partial charge in [-0.2, -0.15) is 5.26 Å². The van der Waals surface area contributed by atoms with E-state index in [4.69, 9.17) is 5.26 Å².